The molecular formula is C16H21ClN2O2S. The zero-order valence-electron chi connectivity index (χ0n) is 12.7. The largest absolute Gasteiger partial charge is 0.497 e. The molecule has 2 N–H and O–H groups in total. The van der Waals surface area contributed by atoms with Crippen molar-refractivity contribution in [3.05, 3.63) is 41.3 Å². The maximum atomic E-state index is 11.6. The Bertz CT molecular complexity index is 584. The van der Waals surface area contributed by atoms with Crippen LogP contribution in [0.5, 0.6) is 5.75 Å². The molecule has 0 saturated heterocycles. The maximum Gasteiger partial charge on any atom is 0.221 e. The summed E-state index contributed by atoms with van der Waals surface area (Å²) in [6, 6.07) is 12.1. The Hall–Kier alpha value is -1.56. The molecule has 6 heteroatoms. The minimum atomic E-state index is 0. The number of amides is 1. The number of hydrogen-bond acceptors (Lipinski definition) is 4. The summed E-state index contributed by atoms with van der Waals surface area (Å²) < 4.78 is 5.16. The van der Waals surface area contributed by atoms with Gasteiger partial charge in [-0.15, -0.1) is 23.7 Å². The van der Waals surface area contributed by atoms with Crippen molar-refractivity contribution in [2.24, 2.45) is 0 Å². The molecule has 1 amide bonds. The molecule has 1 aromatic heterocycles. The first-order valence-corrected chi connectivity index (χ1v) is 7.69. The lowest BCUT2D eigenvalue weighted by atomic mass is 10.2. The molecule has 4 nitrogen and oxygen atoms in total. The van der Waals surface area contributed by atoms with Gasteiger partial charge in [0.15, 0.2) is 0 Å². The number of hydrogen-bond donors (Lipinski definition) is 2. The van der Waals surface area contributed by atoms with E-state index in [0.717, 1.165) is 16.2 Å². The van der Waals surface area contributed by atoms with Gasteiger partial charge in [-0.25, -0.2) is 0 Å². The fourth-order valence-electron chi connectivity index (χ4n) is 1.90. The monoisotopic (exact) mass is 340 g/mol. The van der Waals surface area contributed by atoms with Crippen molar-refractivity contribution in [2.45, 2.75) is 13.0 Å². The molecule has 0 aliphatic carbocycles. The number of methoxy groups -OCH3 is 1. The molecule has 0 spiro atoms. The Kier molecular flexibility index (Phi) is 7.95. The number of nitrogens with one attached hydrogen (secondary N) is 2. The van der Waals surface area contributed by atoms with Gasteiger partial charge < -0.3 is 15.4 Å². The molecule has 0 saturated carbocycles. The third-order valence-corrected chi connectivity index (χ3v) is 4.23. The van der Waals surface area contributed by atoms with Gasteiger partial charge in [-0.3, -0.25) is 4.79 Å². The Morgan fingerprint density at radius 3 is 2.55 bits per heavy atom. The first-order valence-electron chi connectivity index (χ1n) is 6.87. The molecule has 2 aromatic rings. The molecule has 1 aromatic carbocycles. The van der Waals surface area contributed by atoms with E-state index in [2.05, 4.69) is 22.8 Å². The fourth-order valence-corrected chi connectivity index (χ4v) is 2.85. The van der Waals surface area contributed by atoms with E-state index in [4.69, 9.17) is 4.74 Å². The van der Waals surface area contributed by atoms with Crippen LogP contribution in [0.1, 0.15) is 11.3 Å². The van der Waals surface area contributed by atoms with Gasteiger partial charge in [0.2, 0.25) is 5.91 Å². The Labute approximate surface area is 141 Å². The van der Waals surface area contributed by atoms with Crippen molar-refractivity contribution in [2.75, 3.05) is 20.7 Å². The lowest BCUT2D eigenvalue weighted by Crippen LogP contribution is -2.25. The zero-order valence-corrected chi connectivity index (χ0v) is 14.4. The summed E-state index contributed by atoms with van der Waals surface area (Å²) in [4.78, 5) is 13.9. The van der Waals surface area contributed by atoms with Gasteiger partial charge in [0.05, 0.1) is 13.7 Å². The number of rotatable bonds is 7. The van der Waals surface area contributed by atoms with Crippen LogP contribution in [0.15, 0.2) is 36.4 Å². The van der Waals surface area contributed by atoms with Crippen LogP contribution in [0.2, 0.25) is 0 Å². The van der Waals surface area contributed by atoms with Crippen molar-refractivity contribution in [1.29, 1.82) is 0 Å². The first kappa shape index (κ1) is 18.5. The molecular weight excluding hydrogens is 320 g/mol. The van der Waals surface area contributed by atoms with Gasteiger partial charge in [-0.1, -0.05) is 0 Å². The number of carbonyl (C=O) groups excluding carboxylic acids is 1. The molecule has 0 fully saturated rings. The lowest BCUT2D eigenvalue weighted by Gasteiger charge is -2.03. The average molecular weight is 341 g/mol. The predicted molar refractivity (Wildman–Crippen MR) is 93.9 cm³/mol. The van der Waals surface area contributed by atoms with E-state index in [1.807, 2.05) is 31.3 Å². The molecule has 0 atom stereocenters. The van der Waals surface area contributed by atoms with Crippen molar-refractivity contribution in [3.63, 3.8) is 0 Å². The predicted octanol–water partition coefficient (Wildman–Crippen LogP) is 3.07. The summed E-state index contributed by atoms with van der Waals surface area (Å²) in [5.41, 5.74) is 1.16. The normalized spacial score (nSPS) is 9.91. The molecule has 22 heavy (non-hydrogen) atoms. The number of thiophene rings is 1. The van der Waals surface area contributed by atoms with Gasteiger partial charge in [-0.2, -0.15) is 0 Å². The molecule has 120 valence electrons. The molecule has 1 heterocycles. The highest BCUT2D eigenvalue weighted by Crippen LogP contribution is 2.29. The Morgan fingerprint density at radius 1 is 1.18 bits per heavy atom. The average Bonchev–Trinajstić information content (AvgIpc) is 3.00. The summed E-state index contributed by atoms with van der Waals surface area (Å²) in [5.74, 6) is 0.927. The Morgan fingerprint density at radius 2 is 1.91 bits per heavy atom. The summed E-state index contributed by atoms with van der Waals surface area (Å²) in [6.45, 7) is 1.29. The van der Waals surface area contributed by atoms with Crippen LogP contribution in [0.3, 0.4) is 0 Å². The standard InChI is InChI=1S/C16H20N2O2S.ClH/c1-17-10-9-16(19)18-11-14-7-8-15(21-14)12-3-5-13(20-2)6-4-12;/h3-8,17H,9-11H2,1-2H3,(H,18,19);1H. The molecule has 0 aliphatic rings. The molecule has 2 rings (SSSR count). The quantitative estimate of drug-likeness (QED) is 0.814. The second-order valence-corrected chi connectivity index (χ2v) is 5.79. The molecule has 0 radical (unpaired) electrons. The van der Waals surface area contributed by atoms with E-state index in [1.54, 1.807) is 18.4 Å². The van der Waals surface area contributed by atoms with E-state index in [9.17, 15) is 4.79 Å². The summed E-state index contributed by atoms with van der Waals surface area (Å²) in [5, 5.41) is 5.89. The zero-order chi connectivity index (χ0) is 15.1. The molecule has 0 bridgehead atoms. The SMILES string of the molecule is CNCCC(=O)NCc1ccc(-c2ccc(OC)cc2)s1.Cl. The number of ether oxygens (including phenoxy) is 1. The van der Waals surface area contributed by atoms with E-state index < -0.39 is 0 Å². The minimum absolute atomic E-state index is 0. The Balaban J connectivity index is 0.00000242. The van der Waals surface area contributed by atoms with Crippen LogP contribution in [0, 0.1) is 0 Å². The first-order chi connectivity index (χ1) is 10.2. The number of halogens is 1. The van der Waals surface area contributed by atoms with Crippen LogP contribution in [-0.4, -0.2) is 26.6 Å². The van der Waals surface area contributed by atoms with Gasteiger partial charge in [0.1, 0.15) is 5.75 Å². The van der Waals surface area contributed by atoms with Crippen LogP contribution in [0.25, 0.3) is 10.4 Å². The minimum Gasteiger partial charge on any atom is -0.497 e. The van der Waals surface area contributed by atoms with Crippen molar-refractivity contribution in [3.8, 4) is 16.2 Å². The highest BCUT2D eigenvalue weighted by Gasteiger charge is 2.05. The second-order valence-electron chi connectivity index (χ2n) is 4.62. The molecule has 0 unspecified atom stereocenters. The topological polar surface area (TPSA) is 50.4 Å². The van der Waals surface area contributed by atoms with Gasteiger partial charge in [0.25, 0.3) is 0 Å². The van der Waals surface area contributed by atoms with Crippen molar-refractivity contribution in [1.82, 2.24) is 10.6 Å². The van der Waals surface area contributed by atoms with Crippen molar-refractivity contribution < 1.29 is 9.53 Å². The highest BCUT2D eigenvalue weighted by molar-refractivity contribution is 7.15. The van der Waals surface area contributed by atoms with E-state index in [0.29, 0.717) is 19.5 Å². The maximum absolute atomic E-state index is 11.6. The van der Waals surface area contributed by atoms with E-state index in [-0.39, 0.29) is 18.3 Å². The van der Waals surface area contributed by atoms with E-state index in [1.165, 1.54) is 4.88 Å². The summed E-state index contributed by atoms with van der Waals surface area (Å²) >= 11 is 1.69. The van der Waals surface area contributed by atoms with Gasteiger partial charge >= 0.3 is 0 Å². The summed E-state index contributed by atoms with van der Waals surface area (Å²) in [7, 11) is 3.50. The van der Waals surface area contributed by atoms with Crippen LogP contribution >= 0.6 is 23.7 Å². The van der Waals surface area contributed by atoms with Gasteiger partial charge in [-0.05, 0) is 49.0 Å². The lowest BCUT2D eigenvalue weighted by molar-refractivity contribution is -0.121. The molecule has 0 aliphatic heterocycles. The number of benzene rings is 1. The second kappa shape index (κ2) is 9.46. The van der Waals surface area contributed by atoms with Crippen molar-refractivity contribution >= 4 is 29.7 Å². The van der Waals surface area contributed by atoms with Crippen LogP contribution in [-0.2, 0) is 11.3 Å². The van der Waals surface area contributed by atoms with E-state index >= 15 is 0 Å². The van der Waals surface area contributed by atoms with Crippen LogP contribution in [0.4, 0.5) is 0 Å². The fraction of sp³-hybridized carbons (Fsp3) is 0.312. The van der Waals surface area contributed by atoms with Gasteiger partial charge in [0, 0.05) is 22.7 Å². The number of carbonyl (C=O) groups is 1. The third-order valence-electron chi connectivity index (χ3n) is 3.10. The summed E-state index contributed by atoms with van der Waals surface area (Å²) in [6.07, 6.45) is 0.507. The van der Waals surface area contributed by atoms with Crippen LogP contribution < -0.4 is 15.4 Å². The smallest absolute Gasteiger partial charge is 0.221 e. The third kappa shape index (κ3) is 5.33. The highest BCUT2D eigenvalue weighted by atomic mass is 35.5.